The van der Waals surface area contributed by atoms with Gasteiger partial charge in [0.25, 0.3) is 5.91 Å². The van der Waals surface area contributed by atoms with Crippen LogP contribution in [0.15, 0.2) is 85.1 Å². The number of ether oxygens (including phenoxy) is 1. The monoisotopic (exact) mass is 441 g/mol. The number of hydrogen-bond donors (Lipinski definition) is 2. The summed E-state index contributed by atoms with van der Waals surface area (Å²) in [4.78, 5) is 13.3. The van der Waals surface area contributed by atoms with Crippen molar-refractivity contribution in [3.8, 4) is 28.4 Å². The van der Waals surface area contributed by atoms with Gasteiger partial charge >= 0.3 is 0 Å². The van der Waals surface area contributed by atoms with Gasteiger partial charge in [-0.05, 0) is 61.7 Å². The Balaban J connectivity index is 1.59. The molecule has 1 unspecified atom stereocenters. The Morgan fingerprint density at radius 1 is 1.03 bits per heavy atom. The van der Waals surface area contributed by atoms with E-state index in [1.165, 1.54) is 0 Å². The van der Waals surface area contributed by atoms with Crippen molar-refractivity contribution in [1.29, 1.82) is 0 Å². The fourth-order valence-electron chi connectivity index (χ4n) is 3.71. The summed E-state index contributed by atoms with van der Waals surface area (Å²) >= 11 is 0. The zero-order valence-corrected chi connectivity index (χ0v) is 18.7. The normalized spacial score (nSPS) is 11.7. The molecule has 1 aromatic heterocycles. The molecule has 1 amide bonds. The van der Waals surface area contributed by atoms with Gasteiger partial charge in [0, 0.05) is 17.8 Å². The SMILES string of the molecule is COc1ccccc1-c1nn(-c2ccccc2)cc1C(=O)NC(C)CCc1ccc(O)cc1. The average molecular weight is 442 g/mol. The number of phenolic OH excluding ortho intramolecular Hbond substituents is 1. The number of hydrogen-bond acceptors (Lipinski definition) is 4. The van der Waals surface area contributed by atoms with Crippen LogP contribution in [0, 0.1) is 0 Å². The first-order chi connectivity index (χ1) is 16.0. The van der Waals surface area contributed by atoms with Crippen LogP contribution >= 0.6 is 0 Å². The van der Waals surface area contributed by atoms with Crippen molar-refractivity contribution in [2.24, 2.45) is 0 Å². The van der Waals surface area contributed by atoms with E-state index in [1.54, 1.807) is 30.1 Å². The Hall–Kier alpha value is -4.06. The van der Waals surface area contributed by atoms with Crippen molar-refractivity contribution in [2.45, 2.75) is 25.8 Å². The van der Waals surface area contributed by atoms with Gasteiger partial charge in [0.05, 0.1) is 18.4 Å². The van der Waals surface area contributed by atoms with Crippen LogP contribution in [0.4, 0.5) is 0 Å². The molecule has 6 heteroatoms. The Morgan fingerprint density at radius 3 is 2.45 bits per heavy atom. The fourth-order valence-corrected chi connectivity index (χ4v) is 3.71. The summed E-state index contributed by atoms with van der Waals surface area (Å²) in [5.41, 5.74) is 3.80. The van der Waals surface area contributed by atoms with Gasteiger partial charge in [0.2, 0.25) is 0 Å². The van der Waals surface area contributed by atoms with Crippen molar-refractivity contribution in [1.82, 2.24) is 15.1 Å². The van der Waals surface area contributed by atoms with Crippen LogP contribution in [-0.2, 0) is 6.42 Å². The van der Waals surface area contributed by atoms with E-state index >= 15 is 0 Å². The van der Waals surface area contributed by atoms with E-state index in [4.69, 9.17) is 9.84 Å². The summed E-state index contributed by atoms with van der Waals surface area (Å²) < 4.78 is 7.25. The number of nitrogens with zero attached hydrogens (tertiary/aromatic N) is 2. The van der Waals surface area contributed by atoms with Gasteiger partial charge in [-0.2, -0.15) is 5.10 Å². The molecule has 0 fully saturated rings. The van der Waals surface area contributed by atoms with E-state index in [2.05, 4.69) is 5.32 Å². The van der Waals surface area contributed by atoms with Crippen LogP contribution in [0.3, 0.4) is 0 Å². The lowest BCUT2D eigenvalue weighted by molar-refractivity contribution is 0.0939. The number of nitrogens with one attached hydrogen (secondary N) is 1. The van der Waals surface area contributed by atoms with Crippen LogP contribution in [0.2, 0.25) is 0 Å². The molecule has 2 N–H and O–H groups in total. The minimum Gasteiger partial charge on any atom is -0.508 e. The number of para-hydroxylation sites is 2. The molecule has 6 nitrogen and oxygen atoms in total. The molecule has 33 heavy (non-hydrogen) atoms. The summed E-state index contributed by atoms with van der Waals surface area (Å²) in [7, 11) is 1.61. The first-order valence-corrected chi connectivity index (χ1v) is 10.9. The van der Waals surface area contributed by atoms with Crippen LogP contribution in [0.5, 0.6) is 11.5 Å². The molecular weight excluding hydrogens is 414 g/mol. The van der Waals surface area contributed by atoms with Crippen LogP contribution in [0.25, 0.3) is 16.9 Å². The molecule has 0 saturated heterocycles. The summed E-state index contributed by atoms with van der Waals surface area (Å²) in [6.07, 6.45) is 3.33. The molecule has 0 spiro atoms. The molecule has 0 aliphatic heterocycles. The highest BCUT2D eigenvalue weighted by Crippen LogP contribution is 2.31. The van der Waals surface area contributed by atoms with Gasteiger partial charge in [-0.1, -0.05) is 42.5 Å². The van der Waals surface area contributed by atoms with Crippen molar-refractivity contribution < 1.29 is 14.6 Å². The third-order valence-corrected chi connectivity index (χ3v) is 5.52. The van der Waals surface area contributed by atoms with E-state index in [-0.39, 0.29) is 17.7 Å². The highest BCUT2D eigenvalue weighted by molar-refractivity contribution is 6.00. The number of amides is 1. The molecule has 0 radical (unpaired) electrons. The predicted molar refractivity (Wildman–Crippen MR) is 129 cm³/mol. The second-order valence-electron chi connectivity index (χ2n) is 7.95. The minimum atomic E-state index is -0.184. The lowest BCUT2D eigenvalue weighted by Gasteiger charge is -2.14. The number of aromatic hydroxyl groups is 1. The van der Waals surface area contributed by atoms with Crippen LogP contribution in [0.1, 0.15) is 29.3 Å². The Morgan fingerprint density at radius 2 is 1.73 bits per heavy atom. The molecule has 0 bridgehead atoms. The summed E-state index contributed by atoms with van der Waals surface area (Å²) in [5.74, 6) is 0.723. The van der Waals surface area contributed by atoms with Crippen molar-refractivity contribution in [2.75, 3.05) is 7.11 Å². The maximum atomic E-state index is 13.3. The van der Waals surface area contributed by atoms with Gasteiger partial charge in [0.1, 0.15) is 17.2 Å². The summed E-state index contributed by atoms with van der Waals surface area (Å²) in [6, 6.07) is 24.4. The van der Waals surface area contributed by atoms with Crippen molar-refractivity contribution in [3.63, 3.8) is 0 Å². The third-order valence-electron chi connectivity index (χ3n) is 5.52. The highest BCUT2D eigenvalue weighted by atomic mass is 16.5. The number of aryl methyl sites for hydroxylation is 1. The van der Waals surface area contributed by atoms with Gasteiger partial charge in [-0.15, -0.1) is 0 Å². The minimum absolute atomic E-state index is 0.0445. The lowest BCUT2D eigenvalue weighted by Crippen LogP contribution is -2.33. The number of methoxy groups -OCH3 is 1. The van der Waals surface area contributed by atoms with Gasteiger partial charge in [-0.3, -0.25) is 4.79 Å². The number of carbonyl (C=O) groups is 1. The Labute approximate surface area is 193 Å². The number of aromatic nitrogens is 2. The van der Waals surface area contributed by atoms with E-state index in [0.717, 1.165) is 29.7 Å². The summed E-state index contributed by atoms with van der Waals surface area (Å²) in [5, 5.41) is 17.3. The molecule has 0 aliphatic rings. The average Bonchev–Trinajstić information content (AvgIpc) is 3.30. The Kier molecular flexibility index (Phi) is 6.74. The molecule has 0 saturated carbocycles. The molecule has 1 atom stereocenters. The second kappa shape index (κ2) is 10.0. The van der Waals surface area contributed by atoms with Crippen LogP contribution < -0.4 is 10.1 Å². The Bertz CT molecular complexity index is 1220. The molecule has 168 valence electrons. The molecule has 0 aliphatic carbocycles. The van der Waals surface area contributed by atoms with Crippen LogP contribution in [-0.4, -0.2) is 33.9 Å². The quantitative estimate of drug-likeness (QED) is 0.403. The first kappa shape index (κ1) is 22.1. The van der Waals surface area contributed by atoms with Gasteiger partial charge in [-0.25, -0.2) is 4.68 Å². The molecular formula is C27H27N3O3. The summed E-state index contributed by atoms with van der Waals surface area (Å²) in [6.45, 7) is 1.99. The maximum Gasteiger partial charge on any atom is 0.255 e. The topological polar surface area (TPSA) is 76.4 Å². The van der Waals surface area contributed by atoms with E-state index in [0.29, 0.717) is 17.0 Å². The molecule has 4 aromatic rings. The number of phenols is 1. The zero-order valence-electron chi connectivity index (χ0n) is 18.7. The number of rotatable bonds is 8. The van der Waals surface area contributed by atoms with E-state index < -0.39 is 0 Å². The lowest BCUT2D eigenvalue weighted by atomic mass is 10.0. The first-order valence-electron chi connectivity index (χ1n) is 10.9. The standard InChI is InChI=1S/C27H27N3O3/c1-19(12-13-20-14-16-22(31)17-15-20)28-27(32)24-18-30(21-8-4-3-5-9-21)29-26(24)23-10-6-7-11-25(23)33-2/h3-11,14-19,31H,12-13H2,1-2H3,(H,28,32). The molecule has 3 aromatic carbocycles. The third kappa shape index (κ3) is 5.23. The number of benzene rings is 3. The largest absolute Gasteiger partial charge is 0.508 e. The van der Waals surface area contributed by atoms with E-state index in [9.17, 15) is 9.90 Å². The number of carbonyl (C=O) groups excluding carboxylic acids is 1. The fraction of sp³-hybridized carbons (Fsp3) is 0.185. The maximum absolute atomic E-state index is 13.3. The molecule has 1 heterocycles. The van der Waals surface area contributed by atoms with Crippen molar-refractivity contribution in [3.05, 3.63) is 96.2 Å². The van der Waals surface area contributed by atoms with Crippen molar-refractivity contribution >= 4 is 5.91 Å². The smallest absolute Gasteiger partial charge is 0.255 e. The van der Waals surface area contributed by atoms with Gasteiger partial charge in [0.15, 0.2) is 0 Å². The predicted octanol–water partition coefficient (Wildman–Crippen LogP) is 5.00. The zero-order chi connectivity index (χ0) is 23.2. The molecule has 4 rings (SSSR count). The van der Waals surface area contributed by atoms with E-state index in [1.807, 2.05) is 73.7 Å². The second-order valence-corrected chi connectivity index (χ2v) is 7.95. The highest BCUT2D eigenvalue weighted by Gasteiger charge is 2.22. The van der Waals surface area contributed by atoms with Gasteiger partial charge < -0.3 is 15.2 Å².